The predicted molar refractivity (Wildman–Crippen MR) is 104 cm³/mol. The van der Waals surface area contributed by atoms with Crippen molar-refractivity contribution >= 4 is 17.5 Å². The Morgan fingerprint density at radius 1 is 1.15 bits per heavy atom. The third kappa shape index (κ3) is 4.13. The van der Waals surface area contributed by atoms with Crippen molar-refractivity contribution in [3.05, 3.63) is 64.7 Å². The molecule has 4 nitrogen and oxygen atoms in total. The Hall–Kier alpha value is -2.62. The first-order valence-corrected chi connectivity index (χ1v) is 9.20. The molecule has 2 aromatic carbocycles. The van der Waals surface area contributed by atoms with E-state index in [2.05, 4.69) is 37.4 Å². The van der Waals surface area contributed by atoms with Crippen LogP contribution in [0.2, 0.25) is 0 Å². The molecule has 0 unspecified atom stereocenters. The van der Waals surface area contributed by atoms with Crippen LogP contribution in [0.4, 0.5) is 5.69 Å². The SMILES string of the molecule is Cc1ccc(C)c([C@@H](C)NC(=O)Cc2ccc(N3CCCC3=O)cc2)c1. The quantitative estimate of drug-likeness (QED) is 0.890. The average molecular weight is 350 g/mol. The molecule has 136 valence electrons. The van der Waals surface area contributed by atoms with E-state index in [0.29, 0.717) is 12.8 Å². The monoisotopic (exact) mass is 350 g/mol. The average Bonchev–Trinajstić information content (AvgIpc) is 3.03. The number of anilines is 1. The molecule has 1 aliphatic rings. The first-order chi connectivity index (χ1) is 12.4. The van der Waals surface area contributed by atoms with Crippen LogP contribution in [0.5, 0.6) is 0 Å². The lowest BCUT2D eigenvalue weighted by Crippen LogP contribution is -2.28. The van der Waals surface area contributed by atoms with Crippen LogP contribution in [-0.4, -0.2) is 18.4 Å². The maximum absolute atomic E-state index is 12.4. The fraction of sp³-hybridized carbons (Fsp3) is 0.364. The van der Waals surface area contributed by atoms with E-state index in [0.717, 1.165) is 29.8 Å². The van der Waals surface area contributed by atoms with Crippen molar-refractivity contribution in [1.29, 1.82) is 0 Å². The molecule has 4 heteroatoms. The molecule has 1 heterocycles. The molecule has 3 rings (SSSR count). The van der Waals surface area contributed by atoms with E-state index in [1.165, 1.54) is 11.1 Å². The zero-order chi connectivity index (χ0) is 18.7. The van der Waals surface area contributed by atoms with Crippen LogP contribution in [0, 0.1) is 13.8 Å². The maximum Gasteiger partial charge on any atom is 0.227 e. The van der Waals surface area contributed by atoms with Gasteiger partial charge in [-0.1, -0.05) is 35.9 Å². The Bertz CT molecular complexity index is 811. The van der Waals surface area contributed by atoms with E-state index >= 15 is 0 Å². The summed E-state index contributed by atoms with van der Waals surface area (Å²) in [6.07, 6.45) is 1.88. The van der Waals surface area contributed by atoms with Crippen molar-refractivity contribution in [2.24, 2.45) is 0 Å². The van der Waals surface area contributed by atoms with Crippen LogP contribution in [0.25, 0.3) is 0 Å². The maximum atomic E-state index is 12.4. The van der Waals surface area contributed by atoms with E-state index < -0.39 is 0 Å². The molecule has 1 aliphatic heterocycles. The van der Waals surface area contributed by atoms with E-state index in [1.54, 1.807) is 0 Å². The second-order valence-electron chi connectivity index (χ2n) is 7.14. The van der Waals surface area contributed by atoms with E-state index in [1.807, 2.05) is 36.1 Å². The highest BCUT2D eigenvalue weighted by Crippen LogP contribution is 2.22. The molecular formula is C22H26N2O2. The molecule has 26 heavy (non-hydrogen) atoms. The zero-order valence-corrected chi connectivity index (χ0v) is 15.7. The summed E-state index contributed by atoms with van der Waals surface area (Å²) in [5, 5.41) is 3.09. The van der Waals surface area contributed by atoms with Gasteiger partial charge in [0.15, 0.2) is 0 Å². The summed E-state index contributed by atoms with van der Waals surface area (Å²) in [7, 11) is 0. The molecule has 1 atom stereocenters. The Morgan fingerprint density at radius 2 is 1.88 bits per heavy atom. The van der Waals surface area contributed by atoms with E-state index in [9.17, 15) is 9.59 Å². The van der Waals surface area contributed by atoms with Gasteiger partial charge in [-0.05, 0) is 56.0 Å². The van der Waals surface area contributed by atoms with Gasteiger partial charge in [-0.3, -0.25) is 9.59 Å². The summed E-state index contributed by atoms with van der Waals surface area (Å²) in [6.45, 7) is 6.92. The van der Waals surface area contributed by atoms with E-state index in [-0.39, 0.29) is 17.9 Å². The third-order valence-electron chi connectivity index (χ3n) is 4.96. The lowest BCUT2D eigenvalue weighted by molar-refractivity contribution is -0.121. The molecule has 0 aliphatic carbocycles. The highest BCUT2D eigenvalue weighted by molar-refractivity contribution is 5.95. The first kappa shape index (κ1) is 18.2. The molecule has 1 fully saturated rings. The zero-order valence-electron chi connectivity index (χ0n) is 15.7. The van der Waals surface area contributed by atoms with Gasteiger partial charge in [0.1, 0.15) is 0 Å². The highest BCUT2D eigenvalue weighted by atomic mass is 16.2. The van der Waals surface area contributed by atoms with Crippen molar-refractivity contribution in [3.8, 4) is 0 Å². The first-order valence-electron chi connectivity index (χ1n) is 9.20. The molecule has 0 radical (unpaired) electrons. The summed E-state index contributed by atoms with van der Waals surface area (Å²) in [5.41, 5.74) is 5.40. The topological polar surface area (TPSA) is 49.4 Å². The molecule has 1 saturated heterocycles. The number of carbonyl (C=O) groups excluding carboxylic acids is 2. The normalized spacial score (nSPS) is 15.2. The largest absolute Gasteiger partial charge is 0.349 e. The van der Waals surface area contributed by atoms with Crippen LogP contribution in [0.1, 0.15) is 48.1 Å². The van der Waals surface area contributed by atoms with E-state index in [4.69, 9.17) is 0 Å². The van der Waals surface area contributed by atoms with Gasteiger partial charge in [-0.15, -0.1) is 0 Å². The Morgan fingerprint density at radius 3 is 2.54 bits per heavy atom. The smallest absolute Gasteiger partial charge is 0.227 e. The van der Waals surface area contributed by atoms with Crippen molar-refractivity contribution in [1.82, 2.24) is 5.32 Å². The van der Waals surface area contributed by atoms with Gasteiger partial charge in [-0.2, -0.15) is 0 Å². The van der Waals surface area contributed by atoms with Crippen LogP contribution in [0.15, 0.2) is 42.5 Å². The van der Waals surface area contributed by atoms with Gasteiger partial charge in [0.25, 0.3) is 0 Å². The minimum absolute atomic E-state index is 0.00315. The molecule has 0 saturated carbocycles. The number of nitrogens with one attached hydrogen (secondary N) is 1. The third-order valence-corrected chi connectivity index (χ3v) is 4.96. The van der Waals surface area contributed by atoms with Crippen molar-refractivity contribution < 1.29 is 9.59 Å². The van der Waals surface area contributed by atoms with Crippen molar-refractivity contribution in [2.45, 2.75) is 46.1 Å². The lowest BCUT2D eigenvalue weighted by atomic mass is 9.99. The molecule has 0 bridgehead atoms. The van der Waals surface area contributed by atoms with Gasteiger partial charge in [0.05, 0.1) is 12.5 Å². The molecule has 0 aromatic heterocycles. The fourth-order valence-corrected chi connectivity index (χ4v) is 3.50. The van der Waals surface area contributed by atoms with Crippen LogP contribution < -0.4 is 10.2 Å². The van der Waals surface area contributed by atoms with Gasteiger partial charge in [0, 0.05) is 18.7 Å². The number of nitrogens with zero attached hydrogens (tertiary/aromatic N) is 1. The molecule has 2 aromatic rings. The molecule has 1 N–H and O–H groups in total. The van der Waals surface area contributed by atoms with Gasteiger partial charge in [-0.25, -0.2) is 0 Å². The molecule has 0 spiro atoms. The standard InChI is InChI=1S/C22H26N2O2/c1-15-6-7-16(2)20(13-15)17(3)23-21(25)14-18-8-10-19(11-9-18)24-12-4-5-22(24)26/h6-11,13,17H,4-5,12,14H2,1-3H3,(H,23,25)/t17-/m1/s1. The van der Waals surface area contributed by atoms with Crippen molar-refractivity contribution in [3.63, 3.8) is 0 Å². The number of aryl methyl sites for hydroxylation is 2. The fourth-order valence-electron chi connectivity index (χ4n) is 3.50. The Kier molecular flexibility index (Phi) is 5.40. The minimum Gasteiger partial charge on any atom is -0.349 e. The second-order valence-corrected chi connectivity index (χ2v) is 7.14. The number of hydrogen-bond acceptors (Lipinski definition) is 2. The Labute approximate surface area is 155 Å². The summed E-state index contributed by atoms with van der Waals surface area (Å²) in [5.74, 6) is 0.182. The van der Waals surface area contributed by atoms with Crippen LogP contribution in [0.3, 0.4) is 0 Å². The van der Waals surface area contributed by atoms with Crippen LogP contribution >= 0.6 is 0 Å². The minimum atomic E-state index is -0.0242. The number of benzene rings is 2. The van der Waals surface area contributed by atoms with Gasteiger partial charge < -0.3 is 10.2 Å². The molecule has 2 amide bonds. The second kappa shape index (κ2) is 7.73. The predicted octanol–water partition coefficient (Wildman–Crippen LogP) is 3.85. The summed E-state index contributed by atoms with van der Waals surface area (Å²) in [6, 6.07) is 14.0. The summed E-state index contributed by atoms with van der Waals surface area (Å²) >= 11 is 0. The summed E-state index contributed by atoms with van der Waals surface area (Å²) < 4.78 is 0. The molecular weight excluding hydrogens is 324 g/mol. The Balaban J connectivity index is 1.61. The van der Waals surface area contributed by atoms with Crippen LogP contribution in [-0.2, 0) is 16.0 Å². The number of rotatable bonds is 5. The van der Waals surface area contributed by atoms with Crippen molar-refractivity contribution in [2.75, 3.05) is 11.4 Å². The lowest BCUT2D eigenvalue weighted by Gasteiger charge is -2.18. The van der Waals surface area contributed by atoms with Gasteiger partial charge >= 0.3 is 0 Å². The highest BCUT2D eigenvalue weighted by Gasteiger charge is 2.21. The number of amides is 2. The summed E-state index contributed by atoms with van der Waals surface area (Å²) in [4.78, 5) is 26.0. The van der Waals surface area contributed by atoms with Gasteiger partial charge in [0.2, 0.25) is 11.8 Å². The number of carbonyl (C=O) groups is 2. The number of hydrogen-bond donors (Lipinski definition) is 1.